The molecule has 0 aliphatic rings. The number of guanidine groups is 1. The van der Waals surface area contributed by atoms with E-state index in [0.29, 0.717) is 19.0 Å². The number of hydrogen-bond acceptors (Lipinski definition) is 2. The minimum absolute atomic E-state index is 0.177. The lowest BCUT2D eigenvalue weighted by atomic mass is 10.4. The predicted octanol–water partition coefficient (Wildman–Crippen LogP) is 3.52. The van der Waals surface area contributed by atoms with Crippen molar-refractivity contribution in [3.8, 4) is 0 Å². The van der Waals surface area contributed by atoms with Gasteiger partial charge in [0, 0.05) is 27.8 Å². The lowest BCUT2D eigenvalue weighted by molar-refractivity contribution is -0.132. The van der Waals surface area contributed by atoms with Crippen molar-refractivity contribution in [1.29, 1.82) is 0 Å². The van der Waals surface area contributed by atoms with Crippen molar-refractivity contribution in [2.24, 2.45) is 4.99 Å². The summed E-state index contributed by atoms with van der Waals surface area (Å²) in [6.45, 7) is 2.73. The van der Waals surface area contributed by atoms with Gasteiger partial charge in [0.05, 0.1) is 13.0 Å². The summed E-state index contributed by atoms with van der Waals surface area (Å²) in [4.78, 5) is 5.27. The smallest absolute Gasteiger partial charge is 0.357 e. The van der Waals surface area contributed by atoms with Crippen molar-refractivity contribution in [3.05, 3.63) is 20.8 Å². The first kappa shape index (κ1) is 16.3. The molecule has 2 N–H and O–H groups in total. The van der Waals surface area contributed by atoms with Gasteiger partial charge in [-0.25, -0.2) is 4.99 Å². The summed E-state index contributed by atoms with van der Waals surface area (Å²) in [5.41, 5.74) is 0. The van der Waals surface area contributed by atoms with Gasteiger partial charge in [-0.3, -0.25) is 0 Å². The second kappa shape index (κ2) is 7.74. The van der Waals surface area contributed by atoms with E-state index in [-0.39, 0.29) is 6.54 Å². The van der Waals surface area contributed by atoms with Gasteiger partial charge in [0.2, 0.25) is 0 Å². The fraction of sp³-hybridized carbons (Fsp3) is 0.545. The van der Waals surface area contributed by atoms with E-state index in [2.05, 4.69) is 31.6 Å². The molecule has 1 aromatic heterocycles. The fourth-order valence-corrected chi connectivity index (χ4v) is 2.63. The molecule has 1 heterocycles. The first-order valence-corrected chi connectivity index (χ1v) is 7.40. The van der Waals surface area contributed by atoms with Crippen LogP contribution in [0.25, 0.3) is 0 Å². The number of aliphatic imine (C=N–C) groups is 1. The van der Waals surface area contributed by atoms with E-state index in [1.807, 2.05) is 18.4 Å². The standard InChI is InChI=1S/C11H15BrF3N3S/c1-2-16-10(17-4-3-11(13,14)15)18-6-9-5-8(12)7-19-9/h5,7H,2-4,6H2,1H3,(H2,16,17,18). The molecule has 0 atom stereocenters. The molecule has 1 aromatic rings. The van der Waals surface area contributed by atoms with Gasteiger partial charge < -0.3 is 10.6 Å². The van der Waals surface area contributed by atoms with E-state index in [4.69, 9.17) is 0 Å². The number of alkyl halides is 3. The molecule has 0 amide bonds. The molecule has 3 nitrogen and oxygen atoms in total. The van der Waals surface area contributed by atoms with Crippen molar-refractivity contribution in [1.82, 2.24) is 10.6 Å². The molecule has 0 spiro atoms. The average molecular weight is 358 g/mol. The molecular formula is C11H15BrF3N3S. The lowest BCUT2D eigenvalue weighted by Crippen LogP contribution is -2.38. The minimum atomic E-state index is -4.15. The van der Waals surface area contributed by atoms with E-state index >= 15 is 0 Å². The molecule has 0 saturated carbocycles. The van der Waals surface area contributed by atoms with Gasteiger partial charge in [0.25, 0.3) is 0 Å². The number of nitrogens with one attached hydrogen (secondary N) is 2. The highest BCUT2D eigenvalue weighted by Gasteiger charge is 2.26. The number of nitrogens with zero attached hydrogens (tertiary/aromatic N) is 1. The Labute approximate surface area is 122 Å². The third-order valence-corrected chi connectivity index (χ3v) is 3.74. The third-order valence-electron chi connectivity index (χ3n) is 2.06. The highest BCUT2D eigenvalue weighted by atomic mass is 79.9. The monoisotopic (exact) mass is 357 g/mol. The molecule has 0 radical (unpaired) electrons. The van der Waals surface area contributed by atoms with Gasteiger partial charge in [-0.1, -0.05) is 0 Å². The Bertz CT molecular complexity index is 418. The Hall–Kier alpha value is -0.760. The van der Waals surface area contributed by atoms with E-state index < -0.39 is 12.6 Å². The minimum Gasteiger partial charge on any atom is -0.357 e. The summed E-state index contributed by atoms with van der Waals surface area (Å²) < 4.78 is 37.1. The van der Waals surface area contributed by atoms with Crippen LogP contribution in [-0.4, -0.2) is 25.2 Å². The number of halogens is 4. The molecule has 19 heavy (non-hydrogen) atoms. The van der Waals surface area contributed by atoms with Crippen molar-refractivity contribution in [2.75, 3.05) is 13.1 Å². The Morgan fingerprint density at radius 3 is 2.68 bits per heavy atom. The van der Waals surface area contributed by atoms with Crippen molar-refractivity contribution in [3.63, 3.8) is 0 Å². The largest absolute Gasteiger partial charge is 0.390 e. The summed E-state index contributed by atoms with van der Waals surface area (Å²) >= 11 is 4.89. The second-order valence-corrected chi connectivity index (χ2v) is 5.63. The fourth-order valence-electron chi connectivity index (χ4n) is 1.26. The van der Waals surface area contributed by atoms with Crippen LogP contribution < -0.4 is 10.6 Å². The molecule has 108 valence electrons. The molecule has 8 heteroatoms. The molecule has 0 aliphatic heterocycles. The van der Waals surface area contributed by atoms with Crippen LogP contribution in [-0.2, 0) is 6.54 Å². The lowest BCUT2D eigenvalue weighted by Gasteiger charge is -2.12. The summed E-state index contributed by atoms with van der Waals surface area (Å²) in [7, 11) is 0. The molecule has 0 aliphatic carbocycles. The van der Waals surface area contributed by atoms with E-state index in [0.717, 1.165) is 9.35 Å². The van der Waals surface area contributed by atoms with Crippen LogP contribution in [0.3, 0.4) is 0 Å². The van der Waals surface area contributed by atoms with Gasteiger partial charge in [0.1, 0.15) is 0 Å². The maximum absolute atomic E-state index is 12.0. The topological polar surface area (TPSA) is 36.4 Å². The SMILES string of the molecule is CCNC(=NCc1cc(Br)cs1)NCCC(F)(F)F. The number of hydrogen-bond donors (Lipinski definition) is 2. The molecular weight excluding hydrogens is 343 g/mol. The maximum Gasteiger partial charge on any atom is 0.390 e. The van der Waals surface area contributed by atoms with Crippen LogP contribution in [0.15, 0.2) is 20.9 Å². The van der Waals surface area contributed by atoms with Gasteiger partial charge in [-0.05, 0) is 28.9 Å². The summed E-state index contributed by atoms with van der Waals surface area (Å²) in [5, 5.41) is 7.52. The quantitative estimate of drug-likeness (QED) is 0.624. The Kier molecular flexibility index (Phi) is 6.64. The van der Waals surface area contributed by atoms with E-state index in [1.54, 1.807) is 11.3 Å². The zero-order valence-corrected chi connectivity index (χ0v) is 12.8. The van der Waals surface area contributed by atoms with E-state index in [9.17, 15) is 13.2 Å². The Morgan fingerprint density at radius 1 is 1.42 bits per heavy atom. The maximum atomic E-state index is 12.0. The Morgan fingerprint density at radius 2 is 2.16 bits per heavy atom. The Balaban J connectivity index is 2.46. The zero-order valence-electron chi connectivity index (χ0n) is 10.4. The summed E-state index contributed by atoms with van der Waals surface area (Å²) in [6.07, 6.45) is -5.02. The molecule has 0 unspecified atom stereocenters. The van der Waals surface area contributed by atoms with Gasteiger partial charge >= 0.3 is 6.18 Å². The van der Waals surface area contributed by atoms with Crippen molar-refractivity contribution >= 4 is 33.2 Å². The predicted molar refractivity (Wildman–Crippen MR) is 75.5 cm³/mol. The van der Waals surface area contributed by atoms with Crippen LogP contribution in [0.2, 0.25) is 0 Å². The van der Waals surface area contributed by atoms with Crippen LogP contribution in [0.5, 0.6) is 0 Å². The zero-order chi connectivity index (χ0) is 14.3. The van der Waals surface area contributed by atoms with Crippen LogP contribution in [0.4, 0.5) is 13.2 Å². The first-order chi connectivity index (χ1) is 8.90. The normalized spacial score (nSPS) is 12.6. The number of rotatable bonds is 5. The second-order valence-electron chi connectivity index (χ2n) is 3.72. The van der Waals surface area contributed by atoms with Crippen LogP contribution >= 0.6 is 27.3 Å². The molecule has 0 fully saturated rings. The summed E-state index contributed by atoms with van der Waals surface area (Å²) in [6, 6.07) is 1.94. The van der Waals surface area contributed by atoms with Crippen LogP contribution in [0.1, 0.15) is 18.2 Å². The van der Waals surface area contributed by atoms with Gasteiger partial charge in [-0.15, -0.1) is 11.3 Å². The number of thiophene rings is 1. The highest BCUT2D eigenvalue weighted by molar-refractivity contribution is 9.10. The molecule has 0 saturated heterocycles. The van der Waals surface area contributed by atoms with Gasteiger partial charge in [-0.2, -0.15) is 13.2 Å². The van der Waals surface area contributed by atoms with Crippen molar-refractivity contribution in [2.45, 2.75) is 26.1 Å². The highest BCUT2D eigenvalue weighted by Crippen LogP contribution is 2.20. The van der Waals surface area contributed by atoms with Crippen molar-refractivity contribution < 1.29 is 13.2 Å². The van der Waals surface area contributed by atoms with Gasteiger partial charge in [0.15, 0.2) is 5.96 Å². The average Bonchev–Trinajstić information content (AvgIpc) is 2.70. The molecule has 0 aromatic carbocycles. The third kappa shape index (κ3) is 7.41. The summed E-state index contributed by atoms with van der Waals surface area (Å²) in [5.74, 6) is 0.399. The van der Waals surface area contributed by atoms with Crippen LogP contribution in [0, 0.1) is 0 Å². The van der Waals surface area contributed by atoms with E-state index in [1.165, 1.54) is 0 Å². The molecule has 0 bridgehead atoms. The first-order valence-electron chi connectivity index (χ1n) is 5.72. The molecule has 1 rings (SSSR count).